The van der Waals surface area contributed by atoms with Gasteiger partial charge in [-0.3, -0.25) is 57.5 Å². The van der Waals surface area contributed by atoms with E-state index in [1.807, 2.05) is 20.8 Å². The van der Waals surface area contributed by atoms with Crippen molar-refractivity contribution in [1.82, 2.24) is 60.0 Å². The smallest absolute Gasteiger partial charge is 0.343 e. The summed E-state index contributed by atoms with van der Waals surface area (Å²) < 4.78 is 41.4. The molecule has 1 aromatic carbocycles. The van der Waals surface area contributed by atoms with E-state index in [4.69, 9.17) is 18.0 Å². The first kappa shape index (κ1) is 78.5. The number of aryl methyl sites for hydroxylation is 1. The van der Waals surface area contributed by atoms with Crippen LogP contribution in [0.4, 0.5) is 13.2 Å². The second-order valence-electron chi connectivity index (χ2n) is 27.8. The van der Waals surface area contributed by atoms with E-state index in [0.717, 1.165) is 57.4 Å². The zero-order valence-electron chi connectivity index (χ0n) is 58.4. The fourth-order valence-electron chi connectivity index (χ4n) is 14.2. The molecule has 6 rings (SSSR count). The van der Waals surface area contributed by atoms with Crippen molar-refractivity contribution in [3.05, 3.63) is 34.3 Å². The molecular weight excluding hydrogens is 1280 g/mol. The van der Waals surface area contributed by atoms with Gasteiger partial charge in [-0.15, -0.1) is 12.3 Å². The van der Waals surface area contributed by atoms with Gasteiger partial charge in [-0.05, 0) is 112 Å². The number of likely N-dealkylation sites (N-methyl/N-ethyl adjacent to an activating group) is 7. The fourth-order valence-corrected chi connectivity index (χ4v) is 14.5. The minimum atomic E-state index is -4.77. The van der Waals surface area contributed by atoms with Gasteiger partial charge in [-0.2, -0.15) is 13.2 Å². The summed E-state index contributed by atoms with van der Waals surface area (Å²) in [5, 5.41) is 8.02. The van der Waals surface area contributed by atoms with Crippen LogP contribution in [0.25, 0.3) is 0 Å². The van der Waals surface area contributed by atoms with Gasteiger partial charge >= 0.3 is 6.18 Å². The Labute approximate surface area is 574 Å². The van der Waals surface area contributed by atoms with Crippen molar-refractivity contribution >= 4 is 82.5 Å². The number of fused-ring (bicyclic) bond motifs is 1. The van der Waals surface area contributed by atoms with E-state index in [0.29, 0.717) is 64.5 Å². The number of alkyl halides is 3. The molecule has 538 valence electrons. The molecule has 0 bridgehead atoms. The van der Waals surface area contributed by atoms with Crippen molar-refractivity contribution in [3.8, 4) is 12.3 Å². The summed E-state index contributed by atoms with van der Waals surface area (Å²) in [5.41, 5.74) is -2.39. The zero-order valence-corrected chi connectivity index (χ0v) is 59.2. The van der Waals surface area contributed by atoms with Gasteiger partial charge in [0.25, 0.3) is 0 Å². The van der Waals surface area contributed by atoms with Gasteiger partial charge < -0.3 is 60.0 Å². The molecule has 3 heterocycles. The Morgan fingerprint density at radius 1 is 0.670 bits per heavy atom. The highest BCUT2D eigenvalue weighted by molar-refractivity contribution is 6.31. The number of benzene rings is 1. The van der Waals surface area contributed by atoms with Gasteiger partial charge in [0.2, 0.25) is 70.9 Å². The van der Waals surface area contributed by atoms with E-state index in [1.165, 1.54) is 75.0 Å². The van der Waals surface area contributed by atoms with Gasteiger partial charge in [-0.25, -0.2) is 0 Å². The molecule has 1 spiro atoms. The van der Waals surface area contributed by atoms with Crippen molar-refractivity contribution in [2.24, 2.45) is 17.8 Å². The third kappa shape index (κ3) is 19.7. The topological polar surface area (TPSA) is 270 Å². The van der Waals surface area contributed by atoms with E-state index in [2.05, 4.69) is 21.9 Å². The Morgan fingerprint density at radius 3 is 1.88 bits per heavy atom. The van der Waals surface area contributed by atoms with Crippen LogP contribution in [0, 0.1) is 30.1 Å². The molecular formula is C69H102ClF3N12O12. The molecule has 8 atom stereocenters. The Morgan fingerprint density at radius 2 is 1.28 bits per heavy atom. The van der Waals surface area contributed by atoms with E-state index in [1.54, 1.807) is 11.8 Å². The van der Waals surface area contributed by atoms with Crippen molar-refractivity contribution in [2.45, 2.75) is 210 Å². The number of likely N-dealkylation sites (tertiary alicyclic amines) is 1. The molecule has 28 heteroatoms. The Hall–Kier alpha value is -7.50. The maximum absolute atomic E-state index is 15.8. The van der Waals surface area contributed by atoms with E-state index in [-0.39, 0.29) is 63.0 Å². The molecule has 2 saturated carbocycles. The van der Waals surface area contributed by atoms with Gasteiger partial charge in [0.1, 0.15) is 47.8 Å². The molecule has 0 unspecified atom stereocenters. The first-order valence-electron chi connectivity index (χ1n) is 34.3. The monoisotopic (exact) mass is 1380 g/mol. The molecule has 3 aliphatic heterocycles. The molecule has 3 saturated heterocycles. The highest BCUT2D eigenvalue weighted by Crippen LogP contribution is 2.38. The third-order valence-corrected chi connectivity index (χ3v) is 20.7. The number of terminal acetylenes is 1. The second-order valence-corrected chi connectivity index (χ2v) is 28.2. The fraction of sp³-hybridized carbons (Fsp3) is 0.710. The summed E-state index contributed by atoms with van der Waals surface area (Å²) in [6, 6.07) is -5.95. The SMILES string of the molecule is C#CC[C@H]1C(=O)N(C)CC(=O)N[C@@H](CCc2ccc(C(F)(F)F)c(Cl)c2)C(=O)N2CCC[C@H]2C(=O)NC2(CCCC2)C(=O)N(C)[C@@H](C2CCCCC2)C(=O)N(C)[C@H](C(=O)N2CCCCC2)CC(=O)N(C)[C@@H](CC(C)C)C(=O)N[C@@H]([C@@H](C)CC)C(=O)N(C)CC(=O)N(C)CC(=O)N1C. The molecule has 12 amide bonds. The van der Waals surface area contributed by atoms with E-state index in [9.17, 15) is 41.9 Å². The first-order chi connectivity index (χ1) is 45.7. The number of piperidine rings is 1. The average molecular weight is 1380 g/mol. The van der Waals surface area contributed by atoms with Gasteiger partial charge in [0.05, 0.1) is 36.6 Å². The van der Waals surface area contributed by atoms with E-state index >= 15 is 28.8 Å². The van der Waals surface area contributed by atoms with Crippen LogP contribution in [-0.4, -0.2) is 251 Å². The van der Waals surface area contributed by atoms with Crippen LogP contribution < -0.4 is 16.0 Å². The van der Waals surface area contributed by atoms with Gasteiger partial charge in [0.15, 0.2) is 0 Å². The maximum atomic E-state index is 15.8. The number of carbonyl (C=O) groups excluding carboxylic acids is 12. The van der Waals surface area contributed by atoms with Crippen molar-refractivity contribution in [1.29, 1.82) is 0 Å². The standard InChI is InChI=1S/C69H102ClF3N12O12/c1-13-24-51-63(93)78(7)40-54(86)74-49(31-29-45-28-30-47(48(70)38-45)69(71,72)73)62(92)85-36-23-27-50(85)61(91)76-68(32-19-20-33-68)67(97)83(12)59(46-25-17-15-18-26-46)66(96)82(11)53(64(94)84-34-21-16-22-35-84)39-55(87)81(10)52(37-43(3)4)60(90)75-58(44(5)14-2)65(95)79(8)41-56(88)77(6)42-57(89)80(51)9/h1,28,30,38,43-44,46,49-53,58-59H,14-27,29,31-37,39-42H2,2-12H3,(H,74,86)(H,75,90)(H,76,91)/t44-,49-,50-,51-,52-,53-,58-,59-/m0/s1. The zero-order chi connectivity index (χ0) is 72.0. The van der Waals surface area contributed by atoms with Crippen LogP contribution in [0.15, 0.2) is 18.2 Å². The Kier molecular flexibility index (Phi) is 28.2. The molecule has 5 aliphatic rings. The summed E-state index contributed by atoms with van der Waals surface area (Å²) in [6.07, 6.45) is 7.68. The normalized spacial score (nSPS) is 26.2. The Bertz CT molecular complexity index is 3090. The number of nitrogens with one attached hydrogen (secondary N) is 3. The highest BCUT2D eigenvalue weighted by Gasteiger charge is 2.51. The molecule has 97 heavy (non-hydrogen) atoms. The lowest BCUT2D eigenvalue weighted by Gasteiger charge is -2.43. The van der Waals surface area contributed by atoms with Crippen LogP contribution in [0.1, 0.15) is 161 Å². The Balaban J connectivity index is 1.43. The van der Waals surface area contributed by atoms with Crippen molar-refractivity contribution in [3.63, 3.8) is 0 Å². The number of hydrogen-bond acceptors (Lipinski definition) is 12. The lowest BCUT2D eigenvalue weighted by atomic mass is 9.81. The summed E-state index contributed by atoms with van der Waals surface area (Å²) in [6.45, 7) is 6.15. The number of rotatable bonds is 10. The second kappa shape index (κ2) is 34.8. The lowest BCUT2D eigenvalue weighted by Crippen LogP contribution is -2.65. The highest BCUT2D eigenvalue weighted by atomic mass is 35.5. The first-order valence-corrected chi connectivity index (χ1v) is 34.6. The van der Waals surface area contributed by atoms with Gasteiger partial charge in [0, 0.05) is 75.4 Å². The number of amides is 12. The van der Waals surface area contributed by atoms with Gasteiger partial charge in [-0.1, -0.05) is 83.9 Å². The largest absolute Gasteiger partial charge is 0.417 e. The summed E-state index contributed by atoms with van der Waals surface area (Å²) in [4.78, 5) is 188. The maximum Gasteiger partial charge on any atom is 0.417 e. The van der Waals surface area contributed by atoms with Crippen LogP contribution >= 0.6 is 11.6 Å². The molecule has 24 nitrogen and oxygen atoms in total. The number of carbonyl (C=O) groups is 12. The van der Waals surface area contributed by atoms with Crippen LogP contribution in [0.3, 0.4) is 0 Å². The van der Waals surface area contributed by atoms with Crippen molar-refractivity contribution in [2.75, 3.05) is 88.6 Å². The molecule has 1 aromatic rings. The summed E-state index contributed by atoms with van der Waals surface area (Å²) in [7, 11) is 9.61. The van der Waals surface area contributed by atoms with Crippen molar-refractivity contribution < 1.29 is 70.7 Å². The molecule has 2 aliphatic carbocycles. The summed E-state index contributed by atoms with van der Waals surface area (Å²) in [5.74, 6) is -6.96. The predicted octanol–water partition coefficient (Wildman–Crippen LogP) is 4.48. The minimum Gasteiger partial charge on any atom is -0.343 e. The molecule has 0 radical (unpaired) electrons. The molecule has 5 fully saturated rings. The van der Waals surface area contributed by atoms with E-state index < -0.39 is 173 Å². The van der Waals surface area contributed by atoms with Crippen LogP contribution in [0.5, 0.6) is 0 Å². The third-order valence-electron chi connectivity index (χ3n) is 20.4. The van der Waals surface area contributed by atoms with Crippen LogP contribution in [0.2, 0.25) is 5.02 Å². The molecule has 0 aromatic heterocycles. The minimum absolute atomic E-state index is 0.0167. The summed E-state index contributed by atoms with van der Waals surface area (Å²) >= 11 is 6.11. The number of halogens is 4. The quantitative estimate of drug-likeness (QED) is 0.274. The number of nitrogens with zero attached hydrogens (tertiary/aromatic N) is 9. The molecule has 3 N–H and O–H groups in total. The van der Waals surface area contributed by atoms with Crippen LogP contribution in [-0.2, 0) is 70.1 Å². The predicted molar refractivity (Wildman–Crippen MR) is 356 cm³/mol. The number of hydrogen-bond donors (Lipinski definition) is 3. The lowest BCUT2D eigenvalue weighted by molar-refractivity contribution is -0.157. The average Bonchev–Trinajstić information content (AvgIpc) is 1.76.